The summed E-state index contributed by atoms with van der Waals surface area (Å²) in [5.74, 6) is -1.49. The maximum Gasteiger partial charge on any atom is 0.375 e. The monoisotopic (exact) mass is 446 g/mol. The van der Waals surface area contributed by atoms with Gasteiger partial charge in [-0.15, -0.1) is 0 Å². The molecule has 0 saturated carbocycles. The second-order valence-electron chi connectivity index (χ2n) is 6.10. The first-order chi connectivity index (χ1) is 13.3. The van der Waals surface area contributed by atoms with Crippen LogP contribution in [0.1, 0.15) is 21.7 Å². The molecule has 1 N–H and O–H groups in total. The average molecular weight is 447 g/mol. The summed E-state index contributed by atoms with van der Waals surface area (Å²) in [6, 6.07) is 9.71. The standard InChI is InChI=1S/C19H15BrN2O6/c1-10-3-5-14(15(7-10)22(25)26)21-17(23)9-27-19(24)18-11(2)13-8-12(20)4-6-16(13)28-18/h3-8H,9H2,1-2H3,(H,21,23). The molecule has 1 heterocycles. The van der Waals surface area contributed by atoms with Crippen molar-refractivity contribution in [3.63, 3.8) is 0 Å². The van der Waals surface area contributed by atoms with Crippen molar-refractivity contribution in [2.75, 3.05) is 11.9 Å². The summed E-state index contributed by atoms with van der Waals surface area (Å²) in [5, 5.41) is 14.2. The van der Waals surface area contributed by atoms with E-state index in [0.29, 0.717) is 16.7 Å². The largest absolute Gasteiger partial charge is 0.450 e. The summed E-state index contributed by atoms with van der Waals surface area (Å²) in [7, 11) is 0. The minimum Gasteiger partial charge on any atom is -0.450 e. The van der Waals surface area contributed by atoms with E-state index in [4.69, 9.17) is 9.15 Å². The Labute approximate surface area is 167 Å². The molecule has 0 unspecified atom stereocenters. The van der Waals surface area contributed by atoms with Gasteiger partial charge in [0, 0.05) is 21.5 Å². The topological polar surface area (TPSA) is 112 Å². The highest BCUT2D eigenvalue weighted by atomic mass is 79.9. The highest BCUT2D eigenvalue weighted by Crippen LogP contribution is 2.29. The van der Waals surface area contributed by atoms with E-state index < -0.39 is 23.4 Å². The van der Waals surface area contributed by atoms with Gasteiger partial charge in [-0.2, -0.15) is 0 Å². The number of carbonyl (C=O) groups is 2. The Kier molecular flexibility index (Phi) is 5.46. The smallest absolute Gasteiger partial charge is 0.375 e. The number of nitro groups is 1. The van der Waals surface area contributed by atoms with Gasteiger partial charge in [-0.1, -0.05) is 22.0 Å². The number of nitro benzene ring substituents is 1. The Morgan fingerprint density at radius 2 is 1.96 bits per heavy atom. The van der Waals surface area contributed by atoms with Crippen LogP contribution in [0.25, 0.3) is 11.0 Å². The molecule has 0 radical (unpaired) electrons. The number of rotatable bonds is 5. The molecular formula is C19H15BrN2O6. The molecule has 0 fully saturated rings. The van der Waals surface area contributed by atoms with Crippen molar-refractivity contribution in [2.45, 2.75) is 13.8 Å². The van der Waals surface area contributed by atoms with Crippen LogP contribution < -0.4 is 5.32 Å². The van der Waals surface area contributed by atoms with E-state index in [-0.39, 0.29) is 17.1 Å². The van der Waals surface area contributed by atoms with Gasteiger partial charge >= 0.3 is 5.97 Å². The lowest BCUT2D eigenvalue weighted by Gasteiger charge is -2.07. The molecule has 0 bridgehead atoms. The number of nitrogens with zero attached hydrogens (tertiary/aromatic N) is 1. The van der Waals surface area contributed by atoms with Crippen molar-refractivity contribution < 1.29 is 23.7 Å². The van der Waals surface area contributed by atoms with Gasteiger partial charge < -0.3 is 14.5 Å². The van der Waals surface area contributed by atoms with Crippen molar-refractivity contribution in [3.05, 3.63) is 67.9 Å². The molecule has 1 aromatic heterocycles. The third kappa shape index (κ3) is 4.04. The van der Waals surface area contributed by atoms with Gasteiger partial charge in [0.15, 0.2) is 6.61 Å². The molecule has 0 aliphatic carbocycles. The summed E-state index contributed by atoms with van der Waals surface area (Å²) in [4.78, 5) is 34.9. The van der Waals surface area contributed by atoms with Crippen LogP contribution in [-0.2, 0) is 9.53 Å². The molecule has 144 valence electrons. The summed E-state index contributed by atoms with van der Waals surface area (Å²) < 4.78 is 11.4. The van der Waals surface area contributed by atoms with E-state index in [1.165, 1.54) is 12.1 Å². The van der Waals surface area contributed by atoms with Gasteiger partial charge in [-0.3, -0.25) is 14.9 Å². The lowest BCUT2D eigenvalue weighted by molar-refractivity contribution is -0.384. The van der Waals surface area contributed by atoms with E-state index in [1.54, 1.807) is 32.0 Å². The Hall–Kier alpha value is -3.20. The number of esters is 1. The third-order valence-corrected chi connectivity index (χ3v) is 4.54. The van der Waals surface area contributed by atoms with E-state index in [9.17, 15) is 19.7 Å². The Balaban J connectivity index is 1.69. The van der Waals surface area contributed by atoms with Crippen LogP contribution in [-0.4, -0.2) is 23.4 Å². The molecule has 3 rings (SSSR count). The zero-order chi connectivity index (χ0) is 20.4. The van der Waals surface area contributed by atoms with Crippen LogP contribution in [0, 0.1) is 24.0 Å². The normalized spacial score (nSPS) is 10.7. The van der Waals surface area contributed by atoms with Crippen LogP contribution in [0.15, 0.2) is 45.3 Å². The summed E-state index contributed by atoms with van der Waals surface area (Å²) in [6.07, 6.45) is 0. The zero-order valence-electron chi connectivity index (χ0n) is 14.9. The molecular weight excluding hydrogens is 432 g/mol. The fourth-order valence-corrected chi connectivity index (χ4v) is 3.03. The summed E-state index contributed by atoms with van der Waals surface area (Å²) in [6.45, 7) is 2.81. The van der Waals surface area contributed by atoms with Crippen molar-refractivity contribution >= 4 is 50.2 Å². The fourth-order valence-electron chi connectivity index (χ4n) is 2.67. The van der Waals surface area contributed by atoms with Crippen LogP contribution >= 0.6 is 15.9 Å². The maximum absolute atomic E-state index is 12.3. The first-order valence-corrected chi connectivity index (χ1v) is 8.96. The van der Waals surface area contributed by atoms with Gasteiger partial charge in [0.1, 0.15) is 11.3 Å². The van der Waals surface area contributed by atoms with Gasteiger partial charge in [-0.25, -0.2) is 4.79 Å². The number of anilines is 1. The van der Waals surface area contributed by atoms with Crippen molar-refractivity contribution in [2.24, 2.45) is 0 Å². The van der Waals surface area contributed by atoms with Crippen molar-refractivity contribution in [1.29, 1.82) is 0 Å². The van der Waals surface area contributed by atoms with E-state index >= 15 is 0 Å². The van der Waals surface area contributed by atoms with E-state index in [1.807, 2.05) is 6.07 Å². The van der Waals surface area contributed by atoms with Crippen LogP contribution in [0.5, 0.6) is 0 Å². The lowest BCUT2D eigenvalue weighted by atomic mass is 10.1. The summed E-state index contributed by atoms with van der Waals surface area (Å²) in [5.41, 5.74) is 1.59. The number of ether oxygens (including phenoxy) is 1. The minimum absolute atomic E-state index is 0.00205. The van der Waals surface area contributed by atoms with Crippen molar-refractivity contribution in [1.82, 2.24) is 0 Å². The fraction of sp³-hybridized carbons (Fsp3) is 0.158. The molecule has 0 saturated heterocycles. The number of hydrogen-bond acceptors (Lipinski definition) is 6. The summed E-state index contributed by atoms with van der Waals surface area (Å²) >= 11 is 3.36. The number of amides is 1. The van der Waals surface area contributed by atoms with Crippen LogP contribution in [0.3, 0.4) is 0 Å². The molecule has 28 heavy (non-hydrogen) atoms. The number of carbonyl (C=O) groups excluding carboxylic acids is 2. The Morgan fingerprint density at radius 1 is 1.21 bits per heavy atom. The quantitative estimate of drug-likeness (QED) is 0.350. The molecule has 1 amide bonds. The first kappa shape index (κ1) is 19.6. The molecule has 2 aromatic carbocycles. The SMILES string of the molecule is Cc1ccc(NC(=O)COC(=O)c2oc3ccc(Br)cc3c2C)c([N+](=O)[O-])c1. The zero-order valence-corrected chi connectivity index (χ0v) is 16.5. The van der Waals surface area contributed by atoms with Gasteiger partial charge in [-0.05, 0) is 43.7 Å². The Morgan fingerprint density at radius 3 is 2.68 bits per heavy atom. The second kappa shape index (κ2) is 7.81. The average Bonchev–Trinajstić information content (AvgIpc) is 2.97. The minimum atomic E-state index is -0.793. The molecule has 0 atom stereocenters. The molecule has 3 aromatic rings. The van der Waals surface area contributed by atoms with Crippen LogP contribution in [0.2, 0.25) is 0 Å². The Bertz CT molecular complexity index is 1110. The first-order valence-electron chi connectivity index (χ1n) is 8.17. The molecule has 0 aliphatic rings. The predicted molar refractivity (Wildman–Crippen MR) is 105 cm³/mol. The molecule has 0 spiro atoms. The number of halogens is 1. The molecule has 8 nitrogen and oxygen atoms in total. The number of nitrogens with one attached hydrogen (secondary N) is 1. The third-order valence-electron chi connectivity index (χ3n) is 4.04. The highest BCUT2D eigenvalue weighted by molar-refractivity contribution is 9.10. The van der Waals surface area contributed by atoms with Gasteiger partial charge in [0.25, 0.3) is 11.6 Å². The maximum atomic E-state index is 12.3. The number of hydrogen-bond donors (Lipinski definition) is 1. The number of furan rings is 1. The van der Waals surface area contributed by atoms with E-state index in [2.05, 4.69) is 21.2 Å². The van der Waals surface area contributed by atoms with Gasteiger partial charge in [0.2, 0.25) is 5.76 Å². The lowest BCUT2D eigenvalue weighted by Crippen LogP contribution is -2.21. The number of aryl methyl sites for hydroxylation is 2. The molecule has 0 aliphatic heterocycles. The highest BCUT2D eigenvalue weighted by Gasteiger charge is 2.21. The number of benzene rings is 2. The van der Waals surface area contributed by atoms with Gasteiger partial charge in [0.05, 0.1) is 4.92 Å². The van der Waals surface area contributed by atoms with E-state index in [0.717, 1.165) is 9.86 Å². The van der Waals surface area contributed by atoms with Crippen molar-refractivity contribution in [3.8, 4) is 0 Å². The second-order valence-corrected chi connectivity index (χ2v) is 7.01. The molecule has 9 heteroatoms. The predicted octanol–water partition coefficient (Wildman–Crippen LogP) is 4.52. The number of fused-ring (bicyclic) bond motifs is 1. The van der Waals surface area contributed by atoms with Crippen LogP contribution in [0.4, 0.5) is 11.4 Å².